The Morgan fingerprint density at radius 3 is 2.59 bits per heavy atom. The van der Waals surface area contributed by atoms with E-state index in [-0.39, 0.29) is 17.2 Å². The number of nitrogens with zero attached hydrogens (tertiary/aromatic N) is 2. The lowest BCUT2D eigenvalue weighted by atomic mass is 10.2. The molecule has 0 amide bonds. The summed E-state index contributed by atoms with van der Waals surface area (Å²) in [6.45, 7) is 1.73. The summed E-state index contributed by atoms with van der Waals surface area (Å²) in [7, 11) is -2.36. The maximum Gasteiger partial charge on any atom is 0.246 e. The highest BCUT2D eigenvalue weighted by atomic mass is 32.2. The lowest BCUT2D eigenvalue weighted by Gasteiger charge is -2.18. The number of sulfonamides is 1. The molecule has 1 aromatic carbocycles. The number of aromatic hydroxyl groups is 1. The Bertz CT molecular complexity index is 534. The topological polar surface area (TPSA) is 81.4 Å². The molecule has 1 atom stereocenters. The van der Waals surface area contributed by atoms with Crippen molar-refractivity contribution in [3.63, 3.8) is 0 Å². The molecule has 0 spiro atoms. The third kappa shape index (κ3) is 2.96. The van der Waals surface area contributed by atoms with Gasteiger partial charge in [0.1, 0.15) is 10.6 Å². The van der Waals surface area contributed by atoms with Gasteiger partial charge in [0.2, 0.25) is 10.0 Å². The molecule has 0 aliphatic carbocycles. The van der Waals surface area contributed by atoms with E-state index in [2.05, 4.69) is 0 Å². The lowest BCUT2D eigenvalue weighted by Crippen LogP contribution is -2.30. The van der Waals surface area contributed by atoms with Gasteiger partial charge in [-0.3, -0.25) is 0 Å². The number of benzene rings is 1. The van der Waals surface area contributed by atoms with E-state index in [1.54, 1.807) is 13.0 Å². The third-order valence-electron chi connectivity index (χ3n) is 2.30. The van der Waals surface area contributed by atoms with Crippen molar-refractivity contribution in [2.24, 2.45) is 5.92 Å². The number of phenols is 1. The Hall–Kier alpha value is -1.58. The van der Waals surface area contributed by atoms with E-state index in [4.69, 9.17) is 5.26 Å². The van der Waals surface area contributed by atoms with Crippen LogP contribution in [0.1, 0.15) is 6.92 Å². The molecule has 0 radical (unpaired) electrons. The van der Waals surface area contributed by atoms with Crippen molar-refractivity contribution >= 4 is 10.0 Å². The summed E-state index contributed by atoms with van der Waals surface area (Å²) < 4.78 is 25.2. The normalized spacial score (nSPS) is 13.3. The average molecular weight is 254 g/mol. The fourth-order valence-corrected chi connectivity index (χ4v) is 2.71. The molecule has 0 heterocycles. The number of phenolic OH excluding ortho intramolecular Hbond substituents is 1. The minimum Gasteiger partial charge on any atom is -0.507 e. The summed E-state index contributed by atoms with van der Waals surface area (Å²) in [5.74, 6) is -0.690. The van der Waals surface area contributed by atoms with Gasteiger partial charge in [-0.1, -0.05) is 12.1 Å². The highest BCUT2D eigenvalue weighted by Crippen LogP contribution is 2.24. The van der Waals surface area contributed by atoms with Gasteiger partial charge in [-0.25, -0.2) is 8.42 Å². The molecule has 0 fully saturated rings. The minimum absolute atomic E-state index is 0.0904. The molecule has 1 aromatic rings. The molecule has 1 rings (SSSR count). The summed E-state index contributed by atoms with van der Waals surface area (Å²) >= 11 is 0. The number of para-hydroxylation sites is 1. The molecule has 0 aliphatic heterocycles. The van der Waals surface area contributed by atoms with Crippen LogP contribution in [0.3, 0.4) is 0 Å². The highest BCUT2D eigenvalue weighted by molar-refractivity contribution is 7.89. The van der Waals surface area contributed by atoms with Crippen molar-refractivity contribution in [2.45, 2.75) is 11.8 Å². The molecule has 6 heteroatoms. The van der Waals surface area contributed by atoms with Gasteiger partial charge in [0, 0.05) is 13.6 Å². The molecule has 1 N–H and O–H groups in total. The van der Waals surface area contributed by atoms with E-state index < -0.39 is 15.9 Å². The van der Waals surface area contributed by atoms with Crippen molar-refractivity contribution in [1.29, 1.82) is 5.26 Å². The molecule has 1 unspecified atom stereocenters. The van der Waals surface area contributed by atoms with Crippen molar-refractivity contribution in [1.82, 2.24) is 4.31 Å². The van der Waals surface area contributed by atoms with Crippen LogP contribution in [0.15, 0.2) is 29.2 Å². The number of nitriles is 1. The zero-order chi connectivity index (χ0) is 13.1. The first kappa shape index (κ1) is 13.5. The SMILES string of the molecule is CC(C#N)CN(C)S(=O)(=O)c1ccccc1O. The van der Waals surface area contributed by atoms with Crippen molar-refractivity contribution in [3.8, 4) is 11.8 Å². The van der Waals surface area contributed by atoms with Gasteiger partial charge in [0.05, 0.1) is 12.0 Å². The van der Waals surface area contributed by atoms with E-state index in [0.29, 0.717) is 0 Å². The largest absolute Gasteiger partial charge is 0.507 e. The highest BCUT2D eigenvalue weighted by Gasteiger charge is 2.24. The van der Waals surface area contributed by atoms with Gasteiger partial charge >= 0.3 is 0 Å². The van der Waals surface area contributed by atoms with Gasteiger partial charge in [-0.05, 0) is 19.1 Å². The first-order valence-electron chi connectivity index (χ1n) is 5.03. The van der Waals surface area contributed by atoms with Crippen molar-refractivity contribution < 1.29 is 13.5 Å². The number of hydrogen-bond donors (Lipinski definition) is 1. The van der Waals surface area contributed by atoms with E-state index in [9.17, 15) is 13.5 Å². The van der Waals surface area contributed by atoms with Gasteiger partial charge < -0.3 is 5.11 Å². The minimum atomic E-state index is -3.74. The molecule has 92 valence electrons. The predicted octanol–water partition coefficient (Wildman–Crippen LogP) is 1.17. The van der Waals surface area contributed by atoms with Crippen LogP contribution in [0.25, 0.3) is 0 Å². The summed E-state index contributed by atoms with van der Waals surface area (Å²) in [4.78, 5) is -0.146. The predicted molar refractivity (Wildman–Crippen MR) is 62.7 cm³/mol. The first-order valence-corrected chi connectivity index (χ1v) is 6.47. The molecule has 0 bridgehead atoms. The van der Waals surface area contributed by atoms with Crippen LogP contribution >= 0.6 is 0 Å². The third-order valence-corrected chi connectivity index (χ3v) is 4.18. The van der Waals surface area contributed by atoms with Crippen LogP contribution in [0.4, 0.5) is 0 Å². The second-order valence-electron chi connectivity index (χ2n) is 3.78. The van der Waals surface area contributed by atoms with Crippen LogP contribution < -0.4 is 0 Å². The summed E-state index contributed by atoms with van der Waals surface area (Å²) in [6.07, 6.45) is 0. The Morgan fingerprint density at radius 2 is 2.06 bits per heavy atom. The fourth-order valence-electron chi connectivity index (χ4n) is 1.37. The van der Waals surface area contributed by atoms with Crippen molar-refractivity contribution in [2.75, 3.05) is 13.6 Å². The second kappa shape index (κ2) is 5.17. The molecule has 0 aliphatic rings. The van der Waals surface area contributed by atoms with Gasteiger partial charge in [0.25, 0.3) is 0 Å². The molecule has 17 heavy (non-hydrogen) atoms. The molecular weight excluding hydrogens is 240 g/mol. The second-order valence-corrected chi connectivity index (χ2v) is 5.80. The lowest BCUT2D eigenvalue weighted by molar-refractivity contribution is 0.426. The monoisotopic (exact) mass is 254 g/mol. The van der Waals surface area contributed by atoms with Gasteiger partial charge in [-0.15, -0.1) is 0 Å². The standard InChI is InChI=1S/C11H14N2O3S/c1-9(7-12)8-13(2)17(15,16)11-6-4-3-5-10(11)14/h3-6,9,14H,8H2,1-2H3. The summed E-state index contributed by atoms with van der Waals surface area (Å²) in [5.41, 5.74) is 0. The molecular formula is C11H14N2O3S. The van der Waals surface area contributed by atoms with E-state index in [1.807, 2.05) is 6.07 Å². The Labute approximate surface area is 101 Å². The Kier molecular flexibility index (Phi) is 4.10. The van der Waals surface area contributed by atoms with Crippen molar-refractivity contribution in [3.05, 3.63) is 24.3 Å². The first-order chi connectivity index (χ1) is 7.89. The summed E-state index contributed by atoms with van der Waals surface area (Å²) in [6, 6.07) is 7.69. The zero-order valence-electron chi connectivity index (χ0n) is 9.66. The smallest absolute Gasteiger partial charge is 0.246 e. The fraction of sp³-hybridized carbons (Fsp3) is 0.364. The molecule has 5 nitrogen and oxygen atoms in total. The van der Waals surface area contributed by atoms with Crippen LogP contribution in [0.2, 0.25) is 0 Å². The zero-order valence-corrected chi connectivity index (χ0v) is 10.5. The maximum absolute atomic E-state index is 12.1. The number of rotatable bonds is 4. The van der Waals surface area contributed by atoms with E-state index >= 15 is 0 Å². The average Bonchev–Trinajstić information content (AvgIpc) is 2.29. The van der Waals surface area contributed by atoms with E-state index in [0.717, 1.165) is 4.31 Å². The number of hydrogen-bond acceptors (Lipinski definition) is 4. The molecule has 0 aromatic heterocycles. The Balaban J connectivity index is 3.05. The maximum atomic E-state index is 12.1. The van der Waals surface area contributed by atoms with Crippen LogP contribution in [-0.4, -0.2) is 31.4 Å². The van der Waals surface area contributed by atoms with Gasteiger partial charge in [0.15, 0.2) is 0 Å². The quantitative estimate of drug-likeness (QED) is 0.874. The van der Waals surface area contributed by atoms with Gasteiger partial charge in [-0.2, -0.15) is 9.57 Å². The summed E-state index contributed by atoms with van der Waals surface area (Å²) in [5, 5.41) is 18.2. The van der Waals surface area contributed by atoms with E-state index in [1.165, 1.54) is 25.2 Å². The Morgan fingerprint density at radius 1 is 1.47 bits per heavy atom. The van der Waals surface area contributed by atoms with Crippen LogP contribution in [0, 0.1) is 17.2 Å². The van der Waals surface area contributed by atoms with Crippen LogP contribution in [0.5, 0.6) is 5.75 Å². The molecule has 0 saturated carbocycles. The molecule has 0 saturated heterocycles. The van der Waals surface area contributed by atoms with Crippen LogP contribution in [-0.2, 0) is 10.0 Å².